The zero-order chi connectivity index (χ0) is 42.1. The van der Waals surface area contributed by atoms with Crippen LogP contribution in [0.15, 0.2) is 139 Å². The Morgan fingerprint density at radius 2 is 1.15 bits per heavy atom. The number of benzene rings is 6. The van der Waals surface area contributed by atoms with E-state index in [1.807, 2.05) is 18.2 Å². The molecule has 7 aromatic rings. The van der Waals surface area contributed by atoms with Crippen molar-refractivity contribution in [3.63, 3.8) is 0 Å². The van der Waals surface area contributed by atoms with Gasteiger partial charge in [-0.25, -0.2) is 4.79 Å². The topological polar surface area (TPSA) is 75.0 Å². The molecule has 60 heavy (non-hydrogen) atoms. The second-order valence-electron chi connectivity index (χ2n) is 15.8. The van der Waals surface area contributed by atoms with Crippen LogP contribution in [0, 0.1) is 0 Å². The van der Waals surface area contributed by atoms with Gasteiger partial charge in [-0.1, -0.05) is 99.8 Å². The molecular weight excluding hydrogens is 766 g/mol. The molecule has 1 unspecified atom stereocenters. The molecule has 1 heterocycles. The van der Waals surface area contributed by atoms with Crippen LogP contribution in [0.2, 0.25) is 0 Å². The van der Waals surface area contributed by atoms with Crippen molar-refractivity contribution in [2.75, 3.05) is 19.8 Å². The zero-order valence-corrected chi connectivity index (χ0v) is 33.2. The van der Waals surface area contributed by atoms with E-state index in [9.17, 15) is 9.59 Å². The van der Waals surface area contributed by atoms with Gasteiger partial charge in [-0.05, 0) is 92.9 Å². The number of furan rings is 1. The van der Waals surface area contributed by atoms with E-state index >= 15 is 13.2 Å². The fraction of sp³-hybridized carbons (Fsp3) is 0.176. The summed E-state index contributed by atoms with van der Waals surface area (Å²) in [6, 6.07) is 33.7. The van der Waals surface area contributed by atoms with E-state index in [1.165, 1.54) is 24.1 Å². The van der Waals surface area contributed by atoms with Crippen molar-refractivity contribution in [3.05, 3.63) is 157 Å². The number of alkyl halides is 3. The average molecular weight is 805 g/mol. The standard InChI is InChI=1S/C51H39F3O6/c1-6-31(55)28-59-45-27-47-39(25-37(45)30-17-19-35-33-13-9-11-15-41(33)50(5,43(35)23-30)51(52,53)54)38-24-36(44(26-46(38)60-47)57-20-21-58-48(56)7-2)29-16-18-34-32-12-8-10-14-40(32)49(3,4)42(34)22-29/h6-19,22-27H,1-2,20-21,28H2,3-5H3. The van der Waals surface area contributed by atoms with Gasteiger partial charge in [0.15, 0.2) is 12.4 Å². The van der Waals surface area contributed by atoms with E-state index in [0.29, 0.717) is 44.6 Å². The molecule has 1 aromatic heterocycles. The molecular formula is C51H39F3O6. The largest absolute Gasteiger partial charge is 0.489 e. The van der Waals surface area contributed by atoms with Crippen molar-refractivity contribution in [3.8, 4) is 56.0 Å². The molecule has 9 rings (SSSR count). The zero-order valence-electron chi connectivity index (χ0n) is 33.2. The van der Waals surface area contributed by atoms with Crippen LogP contribution in [0.25, 0.3) is 66.4 Å². The summed E-state index contributed by atoms with van der Waals surface area (Å²) >= 11 is 0. The second-order valence-corrected chi connectivity index (χ2v) is 15.8. The summed E-state index contributed by atoms with van der Waals surface area (Å²) in [7, 11) is 0. The van der Waals surface area contributed by atoms with Gasteiger partial charge in [0.25, 0.3) is 0 Å². The fourth-order valence-corrected chi connectivity index (χ4v) is 8.92. The Hall–Kier alpha value is -6.87. The Labute approximate surface area is 344 Å². The van der Waals surface area contributed by atoms with E-state index in [0.717, 1.165) is 39.8 Å². The van der Waals surface area contributed by atoms with Gasteiger partial charge in [-0.3, -0.25) is 4.79 Å². The Morgan fingerprint density at radius 1 is 0.617 bits per heavy atom. The molecule has 0 fully saturated rings. The maximum atomic E-state index is 15.1. The van der Waals surface area contributed by atoms with Crippen LogP contribution in [0.3, 0.4) is 0 Å². The Morgan fingerprint density at radius 3 is 1.75 bits per heavy atom. The molecule has 2 aliphatic carbocycles. The normalized spacial score (nSPS) is 15.8. The third-order valence-electron chi connectivity index (χ3n) is 12.1. The van der Waals surface area contributed by atoms with Gasteiger partial charge in [0.1, 0.15) is 41.3 Å². The molecule has 0 N–H and O–H groups in total. The third kappa shape index (κ3) is 6.02. The maximum Gasteiger partial charge on any atom is 0.402 e. The fourth-order valence-electron chi connectivity index (χ4n) is 8.92. The minimum atomic E-state index is -4.59. The smallest absolute Gasteiger partial charge is 0.402 e. The third-order valence-corrected chi connectivity index (χ3v) is 12.1. The highest BCUT2D eigenvalue weighted by molar-refractivity contribution is 6.09. The van der Waals surface area contributed by atoms with Crippen LogP contribution < -0.4 is 9.47 Å². The number of carbonyl (C=O) groups excluding carboxylic acids is 2. The predicted molar refractivity (Wildman–Crippen MR) is 227 cm³/mol. The van der Waals surface area contributed by atoms with Crippen LogP contribution in [0.4, 0.5) is 13.2 Å². The summed E-state index contributed by atoms with van der Waals surface area (Å²) in [4.78, 5) is 24.2. The van der Waals surface area contributed by atoms with Gasteiger partial charge in [0, 0.05) is 45.5 Å². The molecule has 9 heteroatoms. The molecule has 2 aliphatic rings. The van der Waals surface area contributed by atoms with E-state index in [2.05, 4.69) is 63.4 Å². The van der Waals surface area contributed by atoms with Crippen LogP contribution in [0.5, 0.6) is 11.5 Å². The van der Waals surface area contributed by atoms with Gasteiger partial charge in [0.2, 0.25) is 0 Å². The molecule has 0 spiro atoms. The van der Waals surface area contributed by atoms with Crippen LogP contribution in [0.1, 0.15) is 43.0 Å². The Kier molecular flexibility index (Phi) is 9.11. The highest BCUT2D eigenvalue weighted by Gasteiger charge is 2.58. The summed E-state index contributed by atoms with van der Waals surface area (Å²) in [5.41, 5.74) is 7.06. The lowest BCUT2D eigenvalue weighted by Crippen LogP contribution is -2.38. The van der Waals surface area contributed by atoms with Crippen LogP contribution >= 0.6 is 0 Å². The van der Waals surface area contributed by atoms with Gasteiger partial charge in [-0.15, -0.1) is 0 Å². The summed E-state index contributed by atoms with van der Waals surface area (Å²) in [5.74, 6) is -0.193. The first-order chi connectivity index (χ1) is 28.7. The second kappa shape index (κ2) is 14.2. The maximum absolute atomic E-state index is 15.1. The number of hydrogen-bond acceptors (Lipinski definition) is 6. The minimum Gasteiger partial charge on any atom is -0.489 e. The first-order valence-electron chi connectivity index (χ1n) is 19.5. The van der Waals surface area contributed by atoms with Crippen molar-refractivity contribution < 1.29 is 41.4 Å². The number of rotatable bonds is 11. The molecule has 300 valence electrons. The number of halogens is 3. The summed E-state index contributed by atoms with van der Waals surface area (Å²) in [6.45, 7) is 12.3. The number of hydrogen-bond donors (Lipinski definition) is 0. The van der Waals surface area contributed by atoms with Crippen molar-refractivity contribution in [2.45, 2.75) is 37.8 Å². The van der Waals surface area contributed by atoms with E-state index < -0.39 is 17.6 Å². The number of carbonyl (C=O) groups is 2. The molecule has 0 saturated carbocycles. The molecule has 6 aromatic carbocycles. The summed E-state index contributed by atoms with van der Waals surface area (Å²) in [6.07, 6.45) is -2.35. The highest BCUT2D eigenvalue weighted by Crippen LogP contribution is 2.57. The molecule has 0 bridgehead atoms. The Bertz CT molecular complexity index is 2950. The van der Waals surface area contributed by atoms with E-state index in [4.69, 9.17) is 18.6 Å². The number of fused-ring (bicyclic) bond motifs is 9. The molecule has 0 saturated heterocycles. The van der Waals surface area contributed by atoms with Crippen molar-refractivity contribution >= 4 is 33.7 Å². The SMILES string of the molecule is C=CC(=O)COc1cc2oc3cc(OCCOC(=O)C=C)c(-c4ccc5c(c4)C(C)(C)c4ccccc4-5)cc3c2cc1-c1ccc2c(c1)C(C)(C(F)(F)F)c1ccccc1-2. The molecule has 0 radical (unpaired) electrons. The predicted octanol–water partition coefficient (Wildman–Crippen LogP) is 12.3. The van der Waals surface area contributed by atoms with E-state index in [1.54, 1.807) is 48.5 Å². The molecule has 6 nitrogen and oxygen atoms in total. The first kappa shape index (κ1) is 38.6. The van der Waals surface area contributed by atoms with Gasteiger partial charge in [0.05, 0.1) is 0 Å². The highest BCUT2D eigenvalue weighted by atomic mass is 19.4. The lowest BCUT2D eigenvalue weighted by Gasteiger charge is -2.30. The van der Waals surface area contributed by atoms with Gasteiger partial charge >= 0.3 is 12.1 Å². The van der Waals surface area contributed by atoms with Gasteiger partial charge < -0.3 is 18.6 Å². The first-order valence-corrected chi connectivity index (χ1v) is 19.5. The number of ketones is 1. The minimum absolute atomic E-state index is 0.0122. The quantitative estimate of drug-likeness (QED) is 0.0736. The van der Waals surface area contributed by atoms with Crippen molar-refractivity contribution in [2.24, 2.45) is 0 Å². The average Bonchev–Trinajstić information content (AvgIpc) is 3.82. The van der Waals surface area contributed by atoms with Crippen molar-refractivity contribution in [1.82, 2.24) is 0 Å². The van der Waals surface area contributed by atoms with Gasteiger partial charge in [-0.2, -0.15) is 13.2 Å². The van der Waals surface area contributed by atoms with Crippen LogP contribution in [-0.4, -0.2) is 37.7 Å². The van der Waals surface area contributed by atoms with Crippen LogP contribution in [-0.2, 0) is 25.2 Å². The summed E-state index contributed by atoms with van der Waals surface area (Å²) < 4.78 is 69.4. The van der Waals surface area contributed by atoms with E-state index in [-0.39, 0.29) is 47.9 Å². The lowest BCUT2D eigenvalue weighted by molar-refractivity contribution is -0.172. The Balaban J connectivity index is 1.22. The summed E-state index contributed by atoms with van der Waals surface area (Å²) in [5, 5.41) is 1.39. The number of esters is 1. The molecule has 0 amide bonds. The molecule has 1 atom stereocenters. The number of ether oxygens (including phenoxy) is 3. The monoisotopic (exact) mass is 804 g/mol. The lowest BCUT2D eigenvalue weighted by atomic mass is 9.78. The van der Waals surface area contributed by atoms with Crippen molar-refractivity contribution in [1.29, 1.82) is 0 Å². The molecule has 0 aliphatic heterocycles.